The van der Waals surface area contributed by atoms with Gasteiger partial charge in [-0.2, -0.15) is 0 Å². The summed E-state index contributed by atoms with van der Waals surface area (Å²) in [6.45, 7) is 2.29. The molecule has 1 saturated heterocycles. The van der Waals surface area contributed by atoms with Crippen molar-refractivity contribution < 1.29 is 4.79 Å². The molecule has 1 fully saturated rings. The van der Waals surface area contributed by atoms with E-state index >= 15 is 0 Å². The van der Waals surface area contributed by atoms with Gasteiger partial charge in [-0.25, -0.2) is 0 Å². The third-order valence-corrected chi connectivity index (χ3v) is 3.85. The molecule has 5 heteroatoms. The van der Waals surface area contributed by atoms with E-state index in [-0.39, 0.29) is 5.91 Å². The average Bonchev–Trinajstić information content (AvgIpc) is 2.35. The van der Waals surface area contributed by atoms with Crippen molar-refractivity contribution in [1.82, 2.24) is 4.90 Å². The number of hydrogen-bond donors (Lipinski definition) is 2. The van der Waals surface area contributed by atoms with Crippen molar-refractivity contribution >= 4 is 34.2 Å². The van der Waals surface area contributed by atoms with Crippen molar-refractivity contribution in [3.05, 3.63) is 27.8 Å². The predicted molar refractivity (Wildman–Crippen MR) is 81.4 cm³/mol. The van der Waals surface area contributed by atoms with Gasteiger partial charge in [-0.1, -0.05) is 0 Å². The van der Waals surface area contributed by atoms with Crippen molar-refractivity contribution in [2.45, 2.75) is 18.9 Å². The van der Waals surface area contributed by atoms with Gasteiger partial charge in [0.25, 0.3) is 0 Å². The van der Waals surface area contributed by atoms with Crippen LogP contribution in [0.5, 0.6) is 0 Å². The van der Waals surface area contributed by atoms with Crippen molar-refractivity contribution in [2.24, 2.45) is 5.73 Å². The molecule has 1 aliphatic rings. The van der Waals surface area contributed by atoms with Gasteiger partial charge in [0.05, 0.1) is 6.54 Å². The molecule has 1 aliphatic heterocycles. The minimum absolute atomic E-state index is 0.0479. The zero-order valence-corrected chi connectivity index (χ0v) is 12.4. The molecule has 1 aromatic carbocycles. The zero-order chi connectivity index (χ0) is 13.0. The lowest BCUT2D eigenvalue weighted by Crippen LogP contribution is -2.43. The molecule has 2 rings (SSSR count). The van der Waals surface area contributed by atoms with Crippen LogP contribution in [0.15, 0.2) is 24.3 Å². The minimum atomic E-state index is 0.0479. The molecule has 0 aliphatic carbocycles. The van der Waals surface area contributed by atoms with Crippen molar-refractivity contribution in [2.75, 3.05) is 25.0 Å². The quantitative estimate of drug-likeness (QED) is 0.807. The van der Waals surface area contributed by atoms with Crippen molar-refractivity contribution in [3.8, 4) is 0 Å². The smallest absolute Gasteiger partial charge is 0.238 e. The fraction of sp³-hybridized carbons (Fsp3) is 0.462. The Labute approximate surface area is 121 Å². The van der Waals surface area contributed by atoms with E-state index in [4.69, 9.17) is 5.73 Å². The summed E-state index contributed by atoms with van der Waals surface area (Å²) in [4.78, 5) is 14.0. The molecule has 98 valence electrons. The molecule has 3 N–H and O–H groups in total. The number of carbonyl (C=O) groups is 1. The topological polar surface area (TPSA) is 58.4 Å². The first kappa shape index (κ1) is 13.8. The lowest BCUT2D eigenvalue weighted by molar-refractivity contribution is -0.117. The van der Waals surface area contributed by atoms with Crippen molar-refractivity contribution in [1.29, 1.82) is 0 Å². The Morgan fingerprint density at radius 1 is 1.33 bits per heavy atom. The van der Waals surface area contributed by atoms with Gasteiger partial charge in [0, 0.05) is 28.4 Å². The molecule has 18 heavy (non-hydrogen) atoms. The van der Waals surface area contributed by atoms with Crippen LogP contribution in [0.3, 0.4) is 0 Å². The number of likely N-dealkylation sites (tertiary alicyclic amines) is 1. The molecule has 0 saturated carbocycles. The van der Waals surface area contributed by atoms with Crippen LogP contribution in [-0.4, -0.2) is 36.5 Å². The second kappa shape index (κ2) is 6.49. The van der Waals surface area contributed by atoms with Crippen LogP contribution in [0.1, 0.15) is 12.8 Å². The lowest BCUT2D eigenvalue weighted by atomic mass is 10.1. The Kier molecular flexibility index (Phi) is 4.96. The number of piperidine rings is 1. The first-order chi connectivity index (χ1) is 8.63. The monoisotopic (exact) mass is 359 g/mol. The summed E-state index contributed by atoms with van der Waals surface area (Å²) in [5.74, 6) is 0.0479. The molecule has 0 atom stereocenters. The number of nitrogens with zero attached hydrogens (tertiary/aromatic N) is 1. The third-order valence-electron chi connectivity index (χ3n) is 3.13. The summed E-state index contributed by atoms with van der Waals surface area (Å²) in [6, 6.07) is 8.12. The van der Waals surface area contributed by atoms with Gasteiger partial charge in [0.15, 0.2) is 0 Å². The van der Waals surface area contributed by atoms with Crippen LogP contribution in [0, 0.1) is 3.57 Å². The van der Waals surface area contributed by atoms with E-state index < -0.39 is 0 Å². The number of nitrogens with two attached hydrogens (primary N) is 1. The predicted octanol–water partition coefficient (Wildman–Crippen LogP) is 1.65. The van der Waals surface area contributed by atoms with Gasteiger partial charge in [0.2, 0.25) is 5.91 Å². The zero-order valence-electron chi connectivity index (χ0n) is 10.2. The van der Waals surface area contributed by atoms with E-state index in [0.29, 0.717) is 12.6 Å². The summed E-state index contributed by atoms with van der Waals surface area (Å²) >= 11 is 2.24. The minimum Gasteiger partial charge on any atom is -0.328 e. The van der Waals surface area contributed by atoms with Gasteiger partial charge >= 0.3 is 0 Å². The lowest BCUT2D eigenvalue weighted by Gasteiger charge is -2.29. The molecule has 0 bridgehead atoms. The number of carbonyl (C=O) groups excluding carboxylic acids is 1. The maximum Gasteiger partial charge on any atom is 0.238 e. The van der Waals surface area contributed by atoms with Gasteiger partial charge in [-0.3, -0.25) is 9.69 Å². The summed E-state index contributed by atoms with van der Waals surface area (Å²) in [7, 11) is 0. The number of benzene rings is 1. The van der Waals surface area contributed by atoms with Crippen LogP contribution in [0.2, 0.25) is 0 Å². The second-order valence-electron chi connectivity index (χ2n) is 4.67. The van der Waals surface area contributed by atoms with Crippen molar-refractivity contribution in [3.63, 3.8) is 0 Å². The molecule has 1 amide bonds. The van der Waals surface area contributed by atoms with Gasteiger partial charge < -0.3 is 11.1 Å². The number of rotatable bonds is 3. The van der Waals surface area contributed by atoms with Gasteiger partial charge in [-0.05, 0) is 59.7 Å². The highest BCUT2D eigenvalue weighted by atomic mass is 127. The van der Waals surface area contributed by atoms with E-state index in [9.17, 15) is 4.79 Å². The molecule has 0 aromatic heterocycles. The maximum atomic E-state index is 11.9. The van der Waals surface area contributed by atoms with Gasteiger partial charge in [0.1, 0.15) is 0 Å². The van der Waals surface area contributed by atoms with Crippen LogP contribution in [-0.2, 0) is 4.79 Å². The number of hydrogen-bond acceptors (Lipinski definition) is 3. The molecule has 0 spiro atoms. The molecular weight excluding hydrogens is 341 g/mol. The van der Waals surface area contributed by atoms with E-state index in [2.05, 4.69) is 32.8 Å². The molecule has 4 nitrogen and oxygen atoms in total. The molecule has 0 unspecified atom stereocenters. The Morgan fingerprint density at radius 2 is 1.94 bits per heavy atom. The second-order valence-corrected chi connectivity index (χ2v) is 5.91. The highest BCUT2D eigenvalue weighted by molar-refractivity contribution is 14.1. The SMILES string of the molecule is NC1CCN(CC(=O)Nc2ccc(I)cc2)CC1. The standard InChI is InChI=1S/C13H18IN3O/c14-10-1-3-12(4-2-10)16-13(18)9-17-7-5-11(15)6-8-17/h1-4,11H,5-9,15H2,(H,16,18). The average molecular weight is 359 g/mol. The Balaban J connectivity index is 1.80. The van der Waals surface area contributed by atoms with Crippen LogP contribution < -0.4 is 11.1 Å². The Bertz CT molecular complexity index is 399. The highest BCUT2D eigenvalue weighted by Gasteiger charge is 2.18. The molecule has 0 radical (unpaired) electrons. The number of amides is 1. The summed E-state index contributed by atoms with van der Waals surface area (Å²) in [6.07, 6.45) is 1.97. The fourth-order valence-electron chi connectivity index (χ4n) is 2.05. The molecule has 1 heterocycles. The summed E-state index contributed by atoms with van der Waals surface area (Å²) in [5.41, 5.74) is 6.69. The van der Waals surface area contributed by atoms with E-state index in [1.807, 2.05) is 24.3 Å². The highest BCUT2D eigenvalue weighted by Crippen LogP contribution is 2.12. The Morgan fingerprint density at radius 3 is 2.56 bits per heavy atom. The molecular formula is C13H18IN3O. The van der Waals surface area contributed by atoms with Gasteiger partial charge in [-0.15, -0.1) is 0 Å². The summed E-state index contributed by atoms with van der Waals surface area (Å²) < 4.78 is 1.16. The number of nitrogens with one attached hydrogen (secondary N) is 1. The van der Waals surface area contributed by atoms with E-state index in [0.717, 1.165) is 35.2 Å². The normalized spacial score (nSPS) is 17.7. The Hall–Kier alpha value is -0.660. The number of anilines is 1. The first-order valence-corrected chi connectivity index (χ1v) is 7.25. The largest absolute Gasteiger partial charge is 0.328 e. The van der Waals surface area contributed by atoms with Crippen LogP contribution >= 0.6 is 22.6 Å². The van der Waals surface area contributed by atoms with E-state index in [1.54, 1.807) is 0 Å². The van der Waals surface area contributed by atoms with Crippen LogP contribution in [0.4, 0.5) is 5.69 Å². The van der Waals surface area contributed by atoms with Crippen LogP contribution in [0.25, 0.3) is 0 Å². The maximum absolute atomic E-state index is 11.9. The molecule has 1 aromatic rings. The number of halogens is 1. The van der Waals surface area contributed by atoms with E-state index in [1.165, 1.54) is 0 Å². The first-order valence-electron chi connectivity index (χ1n) is 6.17. The fourth-order valence-corrected chi connectivity index (χ4v) is 2.41. The summed E-state index contributed by atoms with van der Waals surface area (Å²) in [5, 5.41) is 2.91. The third kappa shape index (κ3) is 4.22.